The van der Waals surface area contributed by atoms with Crippen molar-refractivity contribution in [1.82, 2.24) is 14.9 Å². The standard InChI is InChI=1S/C16H22N4O/c1-20(13-14-7-4-3-5-8-14)12-6-10-17-16-18-11-9-15(19-16)21-2/h3-5,7-9,11H,6,10,12-13H2,1-2H3,(H,17,18,19). The number of nitrogens with zero attached hydrogens (tertiary/aromatic N) is 3. The maximum atomic E-state index is 5.07. The highest BCUT2D eigenvalue weighted by Gasteiger charge is 2.01. The summed E-state index contributed by atoms with van der Waals surface area (Å²) in [6.45, 7) is 2.83. The molecule has 0 saturated carbocycles. The summed E-state index contributed by atoms with van der Waals surface area (Å²) in [7, 11) is 3.74. The molecule has 2 rings (SSSR count). The summed E-state index contributed by atoms with van der Waals surface area (Å²) in [5, 5.41) is 3.21. The van der Waals surface area contributed by atoms with Gasteiger partial charge in [-0.2, -0.15) is 4.98 Å². The molecule has 112 valence electrons. The van der Waals surface area contributed by atoms with Gasteiger partial charge in [-0.25, -0.2) is 4.98 Å². The fourth-order valence-electron chi connectivity index (χ4n) is 2.06. The fraction of sp³-hybridized carbons (Fsp3) is 0.375. The van der Waals surface area contributed by atoms with E-state index in [4.69, 9.17) is 4.74 Å². The second-order valence-corrected chi connectivity index (χ2v) is 4.93. The summed E-state index contributed by atoms with van der Waals surface area (Å²) in [5.74, 6) is 1.19. The van der Waals surface area contributed by atoms with E-state index in [0.717, 1.165) is 26.1 Å². The smallest absolute Gasteiger partial charge is 0.225 e. The molecule has 0 aliphatic rings. The van der Waals surface area contributed by atoms with Gasteiger partial charge in [0.2, 0.25) is 11.8 Å². The van der Waals surface area contributed by atoms with E-state index < -0.39 is 0 Å². The Morgan fingerprint density at radius 1 is 1.19 bits per heavy atom. The number of hydrogen-bond donors (Lipinski definition) is 1. The molecule has 1 N–H and O–H groups in total. The van der Waals surface area contributed by atoms with Crippen LogP contribution in [0, 0.1) is 0 Å². The lowest BCUT2D eigenvalue weighted by Crippen LogP contribution is -2.21. The Balaban J connectivity index is 1.67. The second kappa shape index (κ2) is 8.21. The number of benzene rings is 1. The van der Waals surface area contributed by atoms with Gasteiger partial charge in [-0.1, -0.05) is 30.3 Å². The van der Waals surface area contributed by atoms with Crippen molar-refractivity contribution in [1.29, 1.82) is 0 Å². The number of methoxy groups -OCH3 is 1. The van der Waals surface area contributed by atoms with Crippen molar-refractivity contribution in [2.45, 2.75) is 13.0 Å². The zero-order chi connectivity index (χ0) is 14.9. The molecule has 1 aromatic carbocycles. The highest BCUT2D eigenvalue weighted by Crippen LogP contribution is 2.07. The molecule has 0 aliphatic heterocycles. The molecule has 0 amide bonds. The van der Waals surface area contributed by atoms with Gasteiger partial charge in [0, 0.05) is 25.4 Å². The first-order valence-corrected chi connectivity index (χ1v) is 7.11. The van der Waals surface area contributed by atoms with Crippen molar-refractivity contribution in [3.05, 3.63) is 48.2 Å². The quantitative estimate of drug-likeness (QED) is 0.755. The Hall–Kier alpha value is -2.14. The lowest BCUT2D eigenvalue weighted by Gasteiger charge is -2.16. The van der Waals surface area contributed by atoms with E-state index in [1.807, 2.05) is 6.07 Å². The van der Waals surface area contributed by atoms with Crippen LogP contribution in [0.2, 0.25) is 0 Å². The van der Waals surface area contributed by atoms with Crippen LogP contribution < -0.4 is 10.1 Å². The third-order valence-corrected chi connectivity index (χ3v) is 3.13. The first-order chi connectivity index (χ1) is 10.3. The summed E-state index contributed by atoms with van der Waals surface area (Å²) in [4.78, 5) is 10.7. The van der Waals surface area contributed by atoms with Crippen LogP contribution in [0.3, 0.4) is 0 Å². The van der Waals surface area contributed by atoms with Crippen LogP contribution in [0.5, 0.6) is 5.88 Å². The monoisotopic (exact) mass is 286 g/mol. The molecule has 0 bridgehead atoms. The van der Waals surface area contributed by atoms with Crippen molar-refractivity contribution in [2.75, 3.05) is 32.6 Å². The third kappa shape index (κ3) is 5.39. The fourth-order valence-corrected chi connectivity index (χ4v) is 2.06. The van der Waals surface area contributed by atoms with E-state index in [1.54, 1.807) is 19.4 Å². The third-order valence-electron chi connectivity index (χ3n) is 3.13. The molecule has 2 aromatic rings. The molecule has 0 radical (unpaired) electrons. The average Bonchev–Trinajstić information content (AvgIpc) is 2.53. The molecule has 0 fully saturated rings. The molecule has 5 heteroatoms. The highest BCUT2D eigenvalue weighted by atomic mass is 16.5. The predicted molar refractivity (Wildman–Crippen MR) is 84.5 cm³/mol. The van der Waals surface area contributed by atoms with Gasteiger partial charge in [0.15, 0.2) is 0 Å². The van der Waals surface area contributed by atoms with Crippen LogP contribution in [0.15, 0.2) is 42.6 Å². The Morgan fingerprint density at radius 2 is 2.00 bits per heavy atom. The summed E-state index contributed by atoms with van der Waals surface area (Å²) in [5.41, 5.74) is 1.34. The molecule has 0 saturated heterocycles. The van der Waals surface area contributed by atoms with E-state index in [9.17, 15) is 0 Å². The van der Waals surface area contributed by atoms with Crippen LogP contribution in [0.1, 0.15) is 12.0 Å². The maximum absolute atomic E-state index is 5.07. The van der Waals surface area contributed by atoms with Gasteiger partial charge in [-0.3, -0.25) is 0 Å². The number of anilines is 1. The Bertz CT molecular complexity index is 533. The van der Waals surface area contributed by atoms with Crippen LogP contribution >= 0.6 is 0 Å². The number of ether oxygens (including phenoxy) is 1. The Labute approximate surface area is 126 Å². The average molecular weight is 286 g/mol. The normalized spacial score (nSPS) is 10.6. The summed E-state index contributed by atoms with van der Waals surface area (Å²) < 4.78 is 5.07. The zero-order valence-corrected chi connectivity index (χ0v) is 12.6. The van der Waals surface area contributed by atoms with Crippen molar-refractivity contribution >= 4 is 5.95 Å². The summed E-state index contributed by atoms with van der Waals surface area (Å²) in [6.07, 6.45) is 2.72. The molecule has 1 heterocycles. The molecule has 0 atom stereocenters. The lowest BCUT2D eigenvalue weighted by molar-refractivity contribution is 0.325. The minimum absolute atomic E-state index is 0.577. The largest absolute Gasteiger partial charge is 0.481 e. The van der Waals surface area contributed by atoms with E-state index in [-0.39, 0.29) is 0 Å². The molecule has 0 aliphatic carbocycles. The molecular weight excluding hydrogens is 264 g/mol. The van der Waals surface area contributed by atoms with Crippen molar-refractivity contribution < 1.29 is 4.74 Å². The van der Waals surface area contributed by atoms with Crippen molar-refractivity contribution in [2.24, 2.45) is 0 Å². The number of nitrogens with one attached hydrogen (secondary N) is 1. The van der Waals surface area contributed by atoms with Crippen molar-refractivity contribution in [3.8, 4) is 5.88 Å². The highest BCUT2D eigenvalue weighted by molar-refractivity contribution is 5.27. The minimum Gasteiger partial charge on any atom is -0.481 e. The first kappa shape index (κ1) is 15.3. The predicted octanol–water partition coefficient (Wildman–Crippen LogP) is 2.42. The maximum Gasteiger partial charge on any atom is 0.225 e. The number of aromatic nitrogens is 2. The van der Waals surface area contributed by atoms with Gasteiger partial charge in [-0.05, 0) is 25.6 Å². The van der Waals surface area contributed by atoms with E-state index >= 15 is 0 Å². The van der Waals surface area contributed by atoms with Gasteiger partial charge >= 0.3 is 0 Å². The van der Waals surface area contributed by atoms with Gasteiger partial charge in [-0.15, -0.1) is 0 Å². The van der Waals surface area contributed by atoms with Crippen molar-refractivity contribution in [3.63, 3.8) is 0 Å². The molecule has 21 heavy (non-hydrogen) atoms. The second-order valence-electron chi connectivity index (χ2n) is 4.93. The van der Waals surface area contributed by atoms with E-state index in [2.05, 4.69) is 51.5 Å². The molecule has 5 nitrogen and oxygen atoms in total. The first-order valence-electron chi connectivity index (χ1n) is 7.11. The van der Waals surface area contributed by atoms with Crippen LogP contribution in [-0.2, 0) is 6.54 Å². The van der Waals surface area contributed by atoms with E-state index in [1.165, 1.54) is 5.56 Å². The molecule has 1 aromatic heterocycles. The Kier molecular flexibility index (Phi) is 5.97. The van der Waals surface area contributed by atoms with Gasteiger partial charge in [0.05, 0.1) is 7.11 Å². The van der Waals surface area contributed by atoms with Gasteiger partial charge in [0.1, 0.15) is 0 Å². The zero-order valence-electron chi connectivity index (χ0n) is 12.6. The lowest BCUT2D eigenvalue weighted by atomic mass is 10.2. The molecule has 0 unspecified atom stereocenters. The van der Waals surface area contributed by atoms with E-state index in [0.29, 0.717) is 11.8 Å². The van der Waals surface area contributed by atoms with Crippen LogP contribution in [0.4, 0.5) is 5.95 Å². The number of hydrogen-bond acceptors (Lipinski definition) is 5. The van der Waals surface area contributed by atoms with Gasteiger partial charge in [0.25, 0.3) is 0 Å². The topological polar surface area (TPSA) is 50.3 Å². The Morgan fingerprint density at radius 3 is 2.76 bits per heavy atom. The van der Waals surface area contributed by atoms with Crippen LogP contribution in [0.25, 0.3) is 0 Å². The summed E-state index contributed by atoms with van der Waals surface area (Å²) >= 11 is 0. The molecule has 0 spiro atoms. The van der Waals surface area contributed by atoms with Crippen LogP contribution in [-0.4, -0.2) is 42.1 Å². The van der Waals surface area contributed by atoms with Gasteiger partial charge < -0.3 is 15.0 Å². The SMILES string of the molecule is COc1ccnc(NCCCN(C)Cc2ccccc2)n1. The minimum atomic E-state index is 0.577. The number of rotatable bonds is 8. The molecular formula is C16H22N4O. The summed E-state index contributed by atoms with van der Waals surface area (Å²) in [6, 6.07) is 12.2.